The predicted octanol–water partition coefficient (Wildman–Crippen LogP) is 0.804. The van der Waals surface area contributed by atoms with Gasteiger partial charge in [0.2, 0.25) is 11.6 Å². The van der Waals surface area contributed by atoms with E-state index < -0.39 is 0 Å². The van der Waals surface area contributed by atoms with E-state index in [9.17, 15) is 4.79 Å². The Bertz CT molecular complexity index is 637. The fourth-order valence-corrected chi connectivity index (χ4v) is 1.79. The van der Waals surface area contributed by atoms with E-state index in [0.717, 1.165) is 0 Å². The number of hydrogen-bond acceptors (Lipinski definition) is 6. The van der Waals surface area contributed by atoms with Gasteiger partial charge < -0.3 is 15.0 Å². The van der Waals surface area contributed by atoms with E-state index in [1.54, 1.807) is 33.5 Å². The minimum absolute atomic E-state index is 0.173. The third-order valence-corrected chi connectivity index (χ3v) is 2.76. The Morgan fingerprint density at radius 3 is 2.81 bits per heavy atom. The molecule has 0 aromatic carbocycles. The molecule has 0 aliphatic heterocycles. The van der Waals surface area contributed by atoms with Crippen LogP contribution in [0.2, 0.25) is 0 Å². The largest absolute Gasteiger partial charge is 0.490 e. The first-order valence-corrected chi connectivity index (χ1v) is 6.49. The maximum absolute atomic E-state index is 11.9. The number of anilines is 1. The molecule has 0 saturated heterocycles. The number of methoxy groups -OCH3 is 1. The molecule has 8 nitrogen and oxygen atoms in total. The summed E-state index contributed by atoms with van der Waals surface area (Å²) >= 11 is 0. The third-order valence-electron chi connectivity index (χ3n) is 2.76. The molecular formula is C13H18N6O2. The van der Waals surface area contributed by atoms with Gasteiger partial charge >= 0.3 is 0 Å². The van der Waals surface area contributed by atoms with Crippen molar-refractivity contribution < 1.29 is 9.53 Å². The van der Waals surface area contributed by atoms with Crippen molar-refractivity contribution in [2.75, 3.05) is 33.1 Å². The summed E-state index contributed by atoms with van der Waals surface area (Å²) in [6.07, 6.45) is 3.09. The Balaban J connectivity index is 2.43. The lowest BCUT2D eigenvalue weighted by Crippen LogP contribution is -2.22. The van der Waals surface area contributed by atoms with Gasteiger partial charge in [0.1, 0.15) is 6.33 Å². The minimum atomic E-state index is -0.173. The van der Waals surface area contributed by atoms with Gasteiger partial charge in [0, 0.05) is 26.8 Å². The van der Waals surface area contributed by atoms with Crippen LogP contribution in [0.4, 0.5) is 5.82 Å². The summed E-state index contributed by atoms with van der Waals surface area (Å²) in [5.74, 6) is 1.36. The van der Waals surface area contributed by atoms with Gasteiger partial charge in [0.25, 0.3) is 5.91 Å². The van der Waals surface area contributed by atoms with Gasteiger partial charge in [-0.3, -0.25) is 4.79 Å². The number of ether oxygens (including phenoxy) is 1. The first-order valence-electron chi connectivity index (χ1n) is 6.49. The van der Waals surface area contributed by atoms with Gasteiger partial charge in [0.15, 0.2) is 11.5 Å². The number of aromatic nitrogens is 4. The van der Waals surface area contributed by atoms with E-state index in [2.05, 4.69) is 20.4 Å². The van der Waals surface area contributed by atoms with Gasteiger partial charge in [-0.2, -0.15) is 5.10 Å². The van der Waals surface area contributed by atoms with Crippen LogP contribution in [-0.4, -0.2) is 58.3 Å². The molecule has 2 aromatic rings. The van der Waals surface area contributed by atoms with Crippen molar-refractivity contribution in [3.63, 3.8) is 0 Å². The second-order valence-electron chi connectivity index (χ2n) is 4.45. The second-order valence-corrected chi connectivity index (χ2v) is 4.45. The zero-order valence-corrected chi connectivity index (χ0v) is 12.5. The summed E-state index contributed by atoms with van der Waals surface area (Å²) in [4.78, 5) is 21.7. The Kier molecular flexibility index (Phi) is 4.36. The number of carbonyl (C=O) groups is 1. The van der Waals surface area contributed by atoms with Crippen molar-refractivity contribution in [1.29, 1.82) is 0 Å². The van der Waals surface area contributed by atoms with E-state index in [1.165, 1.54) is 15.9 Å². The number of hydrogen-bond donors (Lipinski definition) is 1. The molecule has 21 heavy (non-hydrogen) atoms. The first kappa shape index (κ1) is 14.8. The Hall–Kier alpha value is -2.64. The summed E-state index contributed by atoms with van der Waals surface area (Å²) in [7, 11) is 4.89. The molecular weight excluding hydrogens is 272 g/mol. The molecule has 2 aromatic heterocycles. The molecule has 0 atom stereocenters. The van der Waals surface area contributed by atoms with Crippen LogP contribution in [0.3, 0.4) is 0 Å². The van der Waals surface area contributed by atoms with E-state index >= 15 is 0 Å². The molecule has 0 fully saturated rings. The number of nitrogens with one attached hydrogen (secondary N) is 1. The van der Waals surface area contributed by atoms with Crippen molar-refractivity contribution in [2.24, 2.45) is 0 Å². The molecule has 1 N–H and O–H groups in total. The van der Waals surface area contributed by atoms with Crippen LogP contribution in [-0.2, 0) is 0 Å². The molecule has 2 heterocycles. The fourth-order valence-electron chi connectivity index (χ4n) is 1.79. The highest BCUT2D eigenvalue weighted by Crippen LogP contribution is 2.27. The predicted molar refractivity (Wildman–Crippen MR) is 77.9 cm³/mol. The maximum Gasteiger partial charge on any atom is 0.273 e. The number of carbonyl (C=O) groups excluding carboxylic acids is 1. The van der Waals surface area contributed by atoms with Crippen LogP contribution in [0.25, 0.3) is 5.82 Å². The van der Waals surface area contributed by atoms with Crippen LogP contribution in [0.1, 0.15) is 17.4 Å². The molecule has 0 aliphatic rings. The van der Waals surface area contributed by atoms with Crippen LogP contribution in [0.15, 0.2) is 18.6 Å². The second kappa shape index (κ2) is 6.21. The van der Waals surface area contributed by atoms with Crippen LogP contribution < -0.4 is 10.1 Å². The first-order chi connectivity index (χ1) is 10.1. The zero-order chi connectivity index (χ0) is 15.4. The Morgan fingerprint density at radius 1 is 1.43 bits per heavy atom. The van der Waals surface area contributed by atoms with Crippen molar-refractivity contribution in [1.82, 2.24) is 24.6 Å². The van der Waals surface area contributed by atoms with E-state index in [0.29, 0.717) is 29.6 Å². The molecule has 8 heteroatoms. The van der Waals surface area contributed by atoms with Gasteiger partial charge in [-0.15, -0.1) is 0 Å². The number of amides is 1. The topological polar surface area (TPSA) is 85.2 Å². The lowest BCUT2D eigenvalue weighted by molar-refractivity contribution is 0.0821. The lowest BCUT2D eigenvalue weighted by Gasteiger charge is -2.12. The summed E-state index contributed by atoms with van der Waals surface area (Å²) in [6.45, 7) is 2.67. The molecule has 0 aliphatic carbocycles. The molecule has 0 radical (unpaired) electrons. The zero-order valence-electron chi connectivity index (χ0n) is 12.5. The quantitative estimate of drug-likeness (QED) is 0.877. The van der Waals surface area contributed by atoms with Gasteiger partial charge in [-0.1, -0.05) is 0 Å². The summed E-state index contributed by atoms with van der Waals surface area (Å²) < 4.78 is 6.86. The normalized spacial score (nSPS) is 10.3. The average Bonchev–Trinajstić information content (AvgIpc) is 2.96. The molecule has 1 amide bonds. The van der Waals surface area contributed by atoms with Crippen molar-refractivity contribution in [3.05, 3.63) is 24.3 Å². The Labute approximate surface area is 122 Å². The molecule has 2 rings (SSSR count). The lowest BCUT2D eigenvalue weighted by atomic mass is 10.4. The van der Waals surface area contributed by atoms with Crippen LogP contribution in [0.5, 0.6) is 5.75 Å². The van der Waals surface area contributed by atoms with Crippen LogP contribution >= 0.6 is 0 Å². The highest BCUT2D eigenvalue weighted by molar-refractivity contribution is 5.91. The number of nitrogens with zero attached hydrogens (tertiary/aromatic N) is 5. The van der Waals surface area contributed by atoms with Gasteiger partial charge in [-0.25, -0.2) is 14.6 Å². The van der Waals surface area contributed by atoms with Crippen LogP contribution in [0, 0.1) is 0 Å². The maximum atomic E-state index is 11.9. The summed E-state index contributed by atoms with van der Waals surface area (Å²) in [5.41, 5.74) is 0.339. The number of rotatable bonds is 5. The highest BCUT2D eigenvalue weighted by atomic mass is 16.5. The Morgan fingerprint density at radius 2 is 2.19 bits per heavy atom. The van der Waals surface area contributed by atoms with E-state index in [-0.39, 0.29) is 5.91 Å². The smallest absolute Gasteiger partial charge is 0.273 e. The molecule has 112 valence electrons. The minimum Gasteiger partial charge on any atom is -0.490 e. The third kappa shape index (κ3) is 2.93. The average molecular weight is 290 g/mol. The molecule has 0 bridgehead atoms. The molecule has 0 spiro atoms. The van der Waals surface area contributed by atoms with Gasteiger partial charge in [-0.05, 0) is 13.0 Å². The van der Waals surface area contributed by atoms with Crippen molar-refractivity contribution in [3.8, 4) is 11.6 Å². The summed E-state index contributed by atoms with van der Waals surface area (Å²) in [6, 6.07) is 1.64. The van der Waals surface area contributed by atoms with E-state index in [1.807, 2.05) is 6.92 Å². The molecule has 0 unspecified atom stereocenters. The van der Waals surface area contributed by atoms with E-state index in [4.69, 9.17) is 4.74 Å². The fraction of sp³-hybridized carbons (Fsp3) is 0.385. The SMILES string of the molecule is CCNc1ncnc(-n2ccc(C(=O)N(C)C)n2)c1OC. The standard InChI is InChI=1S/C13H18N6O2/c1-5-14-11-10(21-4)12(16-8-15-11)19-7-6-9(17-19)13(20)18(2)3/h6-8H,5H2,1-4H3,(H,14,15,16). The summed E-state index contributed by atoms with van der Waals surface area (Å²) in [5, 5.41) is 7.33. The van der Waals surface area contributed by atoms with Crippen molar-refractivity contribution in [2.45, 2.75) is 6.92 Å². The molecule has 0 saturated carbocycles. The highest BCUT2D eigenvalue weighted by Gasteiger charge is 2.17. The monoisotopic (exact) mass is 290 g/mol. The van der Waals surface area contributed by atoms with Gasteiger partial charge in [0.05, 0.1) is 7.11 Å². The van der Waals surface area contributed by atoms with Crippen molar-refractivity contribution >= 4 is 11.7 Å².